The molecule has 2 amide bonds. The summed E-state index contributed by atoms with van der Waals surface area (Å²) in [5.41, 5.74) is 2.21. The summed E-state index contributed by atoms with van der Waals surface area (Å²) in [5.74, 6) is 0.297. The summed E-state index contributed by atoms with van der Waals surface area (Å²) < 4.78 is 52.6. The fourth-order valence-corrected chi connectivity index (χ4v) is 3.63. The Balaban J connectivity index is 1.57. The van der Waals surface area contributed by atoms with Gasteiger partial charge in [-0.25, -0.2) is 4.79 Å². The van der Waals surface area contributed by atoms with Crippen LogP contribution in [0.1, 0.15) is 34.3 Å². The predicted octanol–water partition coefficient (Wildman–Crippen LogP) is 5.68. The first-order valence-corrected chi connectivity index (χ1v) is 12.1. The van der Waals surface area contributed by atoms with Crippen molar-refractivity contribution in [1.29, 1.82) is 0 Å². The van der Waals surface area contributed by atoms with E-state index >= 15 is 0 Å². The molecule has 11 heteroatoms. The van der Waals surface area contributed by atoms with E-state index < -0.39 is 18.1 Å². The zero-order valence-corrected chi connectivity index (χ0v) is 21.6. The van der Waals surface area contributed by atoms with E-state index in [0.29, 0.717) is 23.3 Å². The van der Waals surface area contributed by atoms with Crippen LogP contribution in [-0.4, -0.2) is 38.9 Å². The van der Waals surface area contributed by atoms with E-state index in [2.05, 4.69) is 20.7 Å². The minimum absolute atomic E-state index is 0.00486. The molecule has 3 rings (SSSR count). The van der Waals surface area contributed by atoms with Gasteiger partial charge < -0.3 is 30.2 Å². The largest absolute Gasteiger partial charge is 0.573 e. The molecule has 0 aromatic heterocycles. The summed E-state index contributed by atoms with van der Waals surface area (Å²) in [7, 11) is 3.17. The lowest BCUT2D eigenvalue weighted by molar-refractivity contribution is -0.274. The molecule has 0 fully saturated rings. The number of benzene rings is 3. The number of carbonyl (C=O) groups excluding carboxylic acids is 2. The second kappa shape index (κ2) is 14.1. The molecule has 0 unspecified atom stereocenters. The molecular formula is C28H30F3N3O5. The van der Waals surface area contributed by atoms with Crippen LogP contribution in [0.3, 0.4) is 0 Å². The molecule has 0 radical (unpaired) electrons. The lowest BCUT2D eigenvalue weighted by Gasteiger charge is -2.15. The maximum Gasteiger partial charge on any atom is 0.573 e. The van der Waals surface area contributed by atoms with Crippen molar-refractivity contribution < 1.29 is 37.0 Å². The van der Waals surface area contributed by atoms with Crippen molar-refractivity contribution in [3.8, 4) is 17.2 Å². The molecule has 0 atom stereocenters. The molecule has 8 nitrogen and oxygen atoms in total. The number of methoxy groups -OCH3 is 1. The van der Waals surface area contributed by atoms with Crippen LogP contribution >= 0.6 is 0 Å². The van der Waals surface area contributed by atoms with Crippen LogP contribution in [0, 0.1) is 0 Å². The minimum atomic E-state index is -4.87. The number of halogens is 3. The number of carbonyl (C=O) groups is 2. The summed E-state index contributed by atoms with van der Waals surface area (Å²) in [4.78, 5) is 24.7. The number of Topliss-reactive ketones (excluding diaryl/α,β-unsaturated/α-hetero) is 1. The molecule has 0 aliphatic heterocycles. The average Bonchev–Trinajstić information content (AvgIpc) is 2.91. The van der Waals surface area contributed by atoms with Crippen LogP contribution in [-0.2, 0) is 13.2 Å². The monoisotopic (exact) mass is 545 g/mol. The molecule has 3 N–H and O–H groups in total. The van der Waals surface area contributed by atoms with E-state index in [1.165, 1.54) is 13.2 Å². The van der Waals surface area contributed by atoms with Gasteiger partial charge in [-0.2, -0.15) is 0 Å². The highest BCUT2D eigenvalue weighted by molar-refractivity contribution is 5.96. The van der Waals surface area contributed by atoms with Crippen molar-refractivity contribution in [1.82, 2.24) is 10.6 Å². The molecular weight excluding hydrogens is 515 g/mol. The van der Waals surface area contributed by atoms with Crippen LogP contribution in [0.25, 0.3) is 0 Å². The van der Waals surface area contributed by atoms with Crippen molar-refractivity contribution in [2.75, 3.05) is 26.0 Å². The number of para-hydroxylation sites is 1. The van der Waals surface area contributed by atoms with Crippen LogP contribution in [0.2, 0.25) is 0 Å². The van der Waals surface area contributed by atoms with E-state index in [1.54, 1.807) is 36.4 Å². The summed E-state index contributed by atoms with van der Waals surface area (Å²) in [6.07, 6.45) is -3.62. The SMILES string of the molecule is CNCCCC(=O)c1ccc(COc2ccccc2CNC(=O)Nc2cc(OC(F)(F)F)ccc2OC)cc1. The number of urea groups is 1. The Hall–Kier alpha value is -4.25. The molecule has 0 aliphatic rings. The Morgan fingerprint density at radius 2 is 1.69 bits per heavy atom. The number of anilines is 1. The normalized spacial score (nSPS) is 11.0. The van der Waals surface area contributed by atoms with Gasteiger partial charge in [-0.05, 0) is 43.8 Å². The Kier molecular flexibility index (Phi) is 10.6. The van der Waals surface area contributed by atoms with Crippen molar-refractivity contribution in [3.05, 3.63) is 83.4 Å². The van der Waals surface area contributed by atoms with Crippen molar-refractivity contribution in [2.24, 2.45) is 0 Å². The highest BCUT2D eigenvalue weighted by Gasteiger charge is 2.31. The molecule has 39 heavy (non-hydrogen) atoms. The number of ether oxygens (including phenoxy) is 3. The van der Waals surface area contributed by atoms with Gasteiger partial charge in [-0.1, -0.05) is 42.5 Å². The van der Waals surface area contributed by atoms with Crippen molar-refractivity contribution in [3.63, 3.8) is 0 Å². The number of hydrogen-bond donors (Lipinski definition) is 3. The maximum atomic E-state index is 12.6. The van der Waals surface area contributed by atoms with Crippen molar-refractivity contribution in [2.45, 2.75) is 32.4 Å². The molecule has 0 heterocycles. The number of rotatable bonds is 13. The molecule has 0 saturated heterocycles. The predicted molar refractivity (Wildman–Crippen MR) is 140 cm³/mol. The van der Waals surface area contributed by atoms with Crippen molar-refractivity contribution >= 4 is 17.5 Å². The molecule has 0 bridgehead atoms. The third kappa shape index (κ3) is 9.53. The fraction of sp³-hybridized carbons (Fsp3) is 0.286. The second-order valence-corrected chi connectivity index (χ2v) is 8.44. The van der Waals surface area contributed by atoms with Crippen LogP contribution in [0.4, 0.5) is 23.7 Å². The highest BCUT2D eigenvalue weighted by atomic mass is 19.4. The highest BCUT2D eigenvalue weighted by Crippen LogP contribution is 2.32. The minimum Gasteiger partial charge on any atom is -0.495 e. The Morgan fingerprint density at radius 1 is 0.949 bits per heavy atom. The van der Waals surface area contributed by atoms with Gasteiger partial charge in [0.15, 0.2) is 5.78 Å². The number of nitrogens with one attached hydrogen (secondary N) is 3. The van der Waals surface area contributed by atoms with Gasteiger partial charge >= 0.3 is 12.4 Å². The van der Waals surface area contributed by atoms with Gasteiger partial charge in [0.05, 0.1) is 12.8 Å². The molecule has 0 saturated carbocycles. The lowest BCUT2D eigenvalue weighted by atomic mass is 10.0. The lowest BCUT2D eigenvalue weighted by Crippen LogP contribution is -2.28. The number of alkyl halides is 3. The van der Waals surface area contributed by atoms with E-state index in [9.17, 15) is 22.8 Å². The summed E-state index contributed by atoms with van der Waals surface area (Å²) in [5, 5.41) is 8.15. The first-order valence-electron chi connectivity index (χ1n) is 12.1. The average molecular weight is 546 g/mol. The maximum absolute atomic E-state index is 12.6. The van der Waals surface area contributed by atoms with E-state index in [4.69, 9.17) is 9.47 Å². The molecule has 0 aliphatic carbocycles. The Bertz CT molecular complexity index is 1250. The molecule has 0 spiro atoms. The summed E-state index contributed by atoms with van der Waals surface area (Å²) in [6.45, 7) is 1.12. The van der Waals surface area contributed by atoms with Crippen LogP contribution in [0.5, 0.6) is 17.2 Å². The standard InChI is InChI=1S/C28H30F3N3O5/c1-32-15-5-7-24(35)20-11-9-19(10-12-20)18-38-25-8-4-3-6-21(25)17-33-27(36)34-23-16-22(39-28(29,30)31)13-14-26(23)37-2/h3-4,6,8-14,16,32H,5,7,15,17-18H2,1-2H3,(H2,33,34,36). The second-order valence-electron chi connectivity index (χ2n) is 8.44. The topological polar surface area (TPSA) is 97.9 Å². The van der Waals surface area contributed by atoms with Crippen LogP contribution in [0.15, 0.2) is 66.7 Å². The van der Waals surface area contributed by atoms with Gasteiger partial charge in [0.25, 0.3) is 0 Å². The zero-order chi connectivity index (χ0) is 28.3. The van der Waals surface area contributed by atoms with Gasteiger partial charge in [0.2, 0.25) is 0 Å². The number of hydrogen-bond acceptors (Lipinski definition) is 6. The van der Waals surface area contributed by atoms with E-state index in [0.717, 1.165) is 30.7 Å². The first kappa shape index (κ1) is 29.3. The third-order valence-corrected chi connectivity index (χ3v) is 5.57. The third-order valence-electron chi connectivity index (χ3n) is 5.57. The zero-order valence-electron chi connectivity index (χ0n) is 21.6. The number of amides is 2. The molecule has 3 aromatic rings. The Morgan fingerprint density at radius 3 is 2.38 bits per heavy atom. The summed E-state index contributed by atoms with van der Waals surface area (Å²) >= 11 is 0. The van der Waals surface area contributed by atoms with Gasteiger partial charge in [0.1, 0.15) is 23.9 Å². The van der Waals surface area contributed by atoms with E-state index in [1.807, 2.05) is 19.2 Å². The number of ketones is 1. The fourth-order valence-electron chi connectivity index (χ4n) is 3.63. The molecule has 208 valence electrons. The Labute approximate surface area is 224 Å². The van der Waals surface area contributed by atoms with Gasteiger partial charge in [-0.15, -0.1) is 13.2 Å². The summed E-state index contributed by atoms with van der Waals surface area (Å²) in [6, 6.07) is 17.0. The van der Waals surface area contributed by atoms with Crippen LogP contribution < -0.4 is 30.2 Å². The molecule has 3 aromatic carbocycles. The smallest absolute Gasteiger partial charge is 0.495 e. The first-order chi connectivity index (χ1) is 18.7. The van der Waals surface area contributed by atoms with Gasteiger partial charge in [-0.3, -0.25) is 4.79 Å². The van der Waals surface area contributed by atoms with Gasteiger partial charge in [0, 0.05) is 30.2 Å². The quantitative estimate of drug-likeness (QED) is 0.189. The van der Waals surface area contributed by atoms with E-state index in [-0.39, 0.29) is 30.4 Å².